The van der Waals surface area contributed by atoms with Gasteiger partial charge in [-0.15, -0.1) is 0 Å². The molecule has 0 aliphatic heterocycles. The highest BCUT2D eigenvalue weighted by Gasteiger charge is 2.37. The van der Waals surface area contributed by atoms with E-state index in [1.807, 2.05) is 13.0 Å². The maximum absolute atomic E-state index is 12.0. The third-order valence-corrected chi connectivity index (χ3v) is 5.67. The highest BCUT2D eigenvalue weighted by Crippen LogP contribution is 2.40. The van der Waals surface area contributed by atoms with Gasteiger partial charge in [0.25, 0.3) is 0 Å². The molecule has 2 aromatic carbocycles. The summed E-state index contributed by atoms with van der Waals surface area (Å²) in [5, 5.41) is 7.48. The summed E-state index contributed by atoms with van der Waals surface area (Å²) in [6, 6.07) is 14.0. The fourth-order valence-corrected chi connectivity index (χ4v) is 4.32. The lowest BCUT2D eigenvalue weighted by Gasteiger charge is -2.34. The Hall–Kier alpha value is -2.40. The van der Waals surface area contributed by atoms with Gasteiger partial charge in [0.1, 0.15) is 0 Å². The zero-order valence-electron chi connectivity index (χ0n) is 16.8. The van der Waals surface area contributed by atoms with Crippen LogP contribution in [0.1, 0.15) is 59.7 Å². The number of carbonyl (C=O) groups excluding carboxylic acids is 1. The van der Waals surface area contributed by atoms with E-state index in [4.69, 9.17) is 17.0 Å². The number of thiocarbonyl (C=S) groups is 1. The molecule has 4 nitrogen and oxygen atoms in total. The lowest BCUT2D eigenvalue weighted by atomic mass is 9.85. The summed E-state index contributed by atoms with van der Waals surface area (Å²) in [6.45, 7) is 6.30. The summed E-state index contributed by atoms with van der Waals surface area (Å²) in [4.78, 5) is 12.0. The molecule has 0 saturated heterocycles. The van der Waals surface area contributed by atoms with Gasteiger partial charge in [-0.05, 0) is 74.7 Å². The van der Waals surface area contributed by atoms with Crippen LogP contribution in [0.4, 0.5) is 5.69 Å². The molecule has 3 rings (SSSR count). The van der Waals surface area contributed by atoms with Crippen molar-refractivity contribution in [2.75, 3.05) is 11.9 Å². The van der Waals surface area contributed by atoms with Gasteiger partial charge in [0.2, 0.25) is 0 Å². The monoisotopic (exact) mass is 396 g/mol. The fraction of sp³-hybridized carbons (Fsp3) is 0.391. The van der Waals surface area contributed by atoms with E-state index in [0.29, 0.717) is 17.3 Å². The number of aryl methyl sites for hydroxylation is 2. The second-order valence-corrected chi connectivity index (χ2v) is 7.84. The first-order chi connectivity index (χ1) is 13.4. The number of esters is 1. The molecular weight excluding hydrogens is 368 g/mol. The number of hydrogen-bond donors (Lipinski definition) is 2. The van der Waals surface area contributed by atoms with Crippen molar-refractivity contribution in [3.63, 3.8) is 0 Å². The minimum absolute atomic E-state index is 0.137. The summed E-state index contributed by atoms with van der Waals surface area (Å²) in [7, 11) is 0. The molecule has 0 amide bonds. The number of hydrogen-bond acceptors (Lipinski definition) is 3. The maximum Gasteiger partial charge on any atom is 0.338 e. The lowest BCUT2D eigenvalue weighted by molar-refractivity contribution is 0.0526. The summed E-state index contributed by atoms with van der Waals surface area (Å²) in [5.41, 5.74) is 4.82. The van der Waals surface area contributed by atoms with Crippen molar-refractivity contribution in [1.29, 1.82) is 0 Å². The first-order valence-electron chi connectivity index (χ1n) is 9.88. The summed E-state index contributed by atoms with van der Waals surface area (Å²) < 4.78 is 5.11. The van der Waals surface area contributed by atoms with Crippen LogP contribution < -0.4 is 10.6 Å². The number of nitrogens with one attached hydrogen (secondary N) is 2. The Morgan fingerprint density at radius 1 is 1.11 bits per heavy atom. The van der Waals surface area contributed by atoms with Crippen molar-refractivity contribution in [3.8, 4) is 0 Å². The smallest absolute Gasteiger partial charge is 0.338 e. The van der Waals surface area contributed by atoms with Gasteiger partial charge in [-0.3, -0.25) is 0 Å². The van der Waals surface area contributed by atoms with Gasteiger partial charge in [0.15, 0.2) is 5.11 Å². The Morgan fingerprint density at radius 3 is 2.50 bits per heavy atom. The predicted octanol–water partition coefficient (Wildman–Crippen LogP) is 5.24. The topological polar surface area (TPSA) is 50.4 Å². The van der Waals surface area contributed by atoms with Gasteiger partial charge in [0, 0.05) is 5.69 Å². The third-order valence-electron chi connectivity index (χ3n) is 5.47. The van der Waals surface area contributed by atoms with Gasteiger partial charge in [-0.2, -0.15) is 0 Å². The number of anilines is 1. The quantitative estimate of drug-likeness (QED) is 0.535. The van der Waals surface area contributed by atoms with Crippen LogP contribution in [0.25, 0.3) is 0 Å². The fourth-order valence-electron chi connectivity index (χ4n) is 4.02. The number of carbonyl (C=O) groups is 1. The number of ether oxygens (including phenoxy) is 1. The van der Waals surface area contributed by atoms with Gasteiger partial charge < -0.3 is 15.4 Å². The second kappa shape index (κ2) is 8.74. The van der Waals surface area contributed by atoms with Gasteiger partial charge in [0.05, 0.1) is 17.7 Å². The summed E-state index contributed by atoms with van der Waals surface area (Å²) in [5.74, 6) is -0.323. The highest BCUT2D eigenvalue weighted by molar-refractivity contribution is 7.80. The SMILES string of the molecule is CCOC(=O)c1ccc(C)c(NC(=S)NC2(c3ccccc3C)CCCC2)c1. The second-order valence-electron chi connectivity index (χ2n) is 7.43. The molecule has 0 radical (unpaired) electrons. The van der Waals surface area contributed by atoms with Crippen LogP contribution in [0, 0.1) is 13.8 Å². The Balaban J connectivity index is 1.80. The molecule has 148 valence electrons. The number of rotatable bonds is 5. The minimum atomic E-state index is -0.323. The van der Waals surface area contributed by atoms with Crippen LogP contribution in [0.3, 0.4) is 0 Å². The van der Waals surface area contributed by atoms with E-state index in [2.05, 4.69) is 41.8 Å². The van der Waals surface area contributed by atoms with Crippen LogP contribution in [-0.4, -0.2) is 17.7 Å². The van der Waals surface area contributed by atoms with Crippen molar-refractivity contribution in [2.45, 2.75) is 52.0 Å². The van der Waals surface area contributed by atoms with E-state index >= 15 is 0 Å². The lowest BCUT2D eigenvalue weighted by Crippen LogP contribution is -2.46. The summed E-state index contributed by atoms with van der Waals surface area (Å²) in [6.07, 6.45) is 4.48. The summed E-state index contributed by atoms with van der Waals surface area (Å²) >= 11 is 5.67. The normalized spacial score (nSPS) is 15.1. The molecule has 0 unspecified atom stereocenters. The van der Waals surface area contributed by atoms with Crippen LogP contribution in [0.5, 0.6) is 0 Å². The molecule has 0 aromatic heterocycles. The molecular formula is C23H28N2O2S. The van der Waals surface area contributed by atoms with E-state index in [1.54, 1.807) is 19.1 Å². The van der Waals surface area contributed by atoms with E-state index in [9.17, 15) is 4.79 Å². The molecule has 1 aliphatic rings. The maximum atomic E-state index is 12.0. The van der Waals surface area contributed by atoms with Crippen LogP contribution >= 0.6 is 12.2 Å². The molecule has 0 heterocycles. The predicted molar refractivity (Wildman–Crippen MR) is 118 cm³/mol. The zero-order valence-corrected chi connectivity index (χ0v) is 17.6. The molecule has 1 aliphatic carbocycles. The highest BCUT2D eigenvalue weighted by atomic mass is 32.1. The minimum Gasteiger partial charge on any atom is -0.462 e. The van der Waals surface area contributed by atoms with E-state index in [-0.39, 0.29) is 11.5 Å². The van der Waals surface area contributed by atoms with Crippen molar-refractivity contribution in [3.05, 3.63) is 64.7 Å². The molecule has 28 heavy (non-hydrogen) atoms. The van der Waals surface area contributed by atoms with Gasteiger partial charge >= 0.3 is 5.97 Å². The van der Waals surface area contributed by atoms with Crippen molar-refractivity contribution >= 4 is 29.0 Å². The van der Waals surface area contributed by atoms with Gasteiger partial charge in [-0.1, -0.05) is 43.2 Å². The number of benzene rings is 2. The molecule has 1 saturated carbocycles. The molecule has 1 fully saturated rings. The Labute approximate surface area is 172 Å². The first-order valence-corrected chi connectivity index (χ1v) is 10.3. The molecule has 0 spiro atoms. The molecule has 0 bridgehead atoms. The Kier molecular flexibility index (Phi) is 6.35. The average Bonchev–Trinajstić information content (AvgIpc) is 3.13. The third kappa shape index (κ3) is 4.36. The van der Waals surface area contributed by atoms with Crippen LogP contribution in [0.15, 0.2) is 42.5 Å². The molecule has 0 atom stereocenters. The molecule has 2 aromatic rings. The Morgan fingerprint density at radius 2 is 1.82 bits per heavy atom. The Bertz CT molecular complexity index is 873. The van der Waals surface area contributed by atoms with Crippen molar-refractivity contribution in [2.24, 2.45) is 0 Å². The average molecular weight is 397 g/mol. The zero-order chi connectivity index (χ0) is 20.1. The van der Waals surface area contributed by atoms with Crippen molar-refractivity contribution < 1.29 is 9.53 Å². The van der Waals surface area contributed by atoms with Crippen molar-refractivity contribution in [1.82, 2.24) is 5.32 Å². The molecule has 2 N–H and O–H groups in total. The van der Waals surface area contributed by atoms with Crippen LogP contribution in [0.2, 0.25) is 0 Å². The van der Waals surface area contributed by atoms with E-state index in [0.717, 1.165) is 24.1 Å². The van der Waals surface area contributed by atoms with E-state index < -0.39 is 0 Å². The van der Waals surface area contributed by atoms with Crippen LogP contribution in [-0.2, 0) is 10.3 Å². The first kappa shape index (κ1) is 20.3. The standard InChI is InChI=1S/C23H28N2O2S/c1-4-27-21(26)18-12-11-17(3)20(15-18)24-22(28)25-23(13-7-8-14-23)19-10-6-5-9-16(19)2/h5-6,9-12,15H,4,7-8,13-14H2,1-3H3,(H2,24,25,28). The largest absolute Gasteiger partial charge is 0.462 e. The molecule has 5 heteroatoms. The van der Waals surface area contributed by atoms with E-state index in [1.165, 1.54) is 24.0 Å². The van der Waals surface area contributed by atoms with Gasteiger partial charge in [-0.25, -0.2) is 4.79 Å².